The maximum Gasteiger partial charge on any atom is 0.192 e. The molecule has 0 bridgehead atoms. The molecule has 0 radical (unpaired) electrons. The van der Waals surface area contributed by atoms with Crippen molar-refractivity contribution in [2.24, 2.45) is 0 Å². The number of benzene rings is 1. The van der Waals surface area contributed by atoms with E-state index in [1.165, 1.54) is 4.88 Å². The van der Waals surface area contributed by atoms with E-state index in [2.05, 4.69) is 0 Å². The van der Waals surface area contributed by atoms with Crippen LogP contribution in [0.15, 0.2) is 41.8 Å². The lowest BCUT2D eigenvalue weighted by atomic mass is 10.2. The van der Waals surface area contributed by atoms with Crippen molar-refractivity contribution in [3.63, 3.8) is 0 Å². The first-order valence-corrected chi connectivity index (χ1v) is 5.57. The third-order valence-electron chi connectivity index (χ3n) is 1.79. The Morgan fingerprint density at radius 1 is 1.08 bits per heavy atom. The highest BCUT2D eigenvalue weighted by Crippen LogP contribution is 2.24. The summed E-state index contributed by atoms with van der Waals surface area (Å²) in [5.41, 5.74) is 1.06. The highest BCUT2D eigenvalue weighted by atomic mass is 32.1. The summed E-state index contributed by atoms with van der Waals surface area (Å²) in [5.74, 6) is 0. The molecule has 0 N–H and O–H groups in total. The summed E-state index contributed by atoms with van der Waals surface area (Å²) in [6.07, 6.45) is 0. The van der Waals surface area contributed by atoms with Crippen LogP contribution in [0.1, 0.15) is 0 Å². The second kappa shape index (κ2) is 3.82. The average Bonchev–Trinajstić information content (AvgIpc) is 2.70. The van der Waals surface area contributed by atoms with E-state index in [1.807, 2.05) is 41.8 Å². The monoisotopic (exact) mass is 206 g/mol. The Kier molecular flexibility index (Phi) is 2.53. The fourth-order valence-electron chi connectivity index (χ4n) is 1.19. The molecule has 1 heterocycles. The highest BCUT2D eigenvalue weighted by Gasteiger charge is 2.03. The third kappa shape index (κ3) is 1.69. The molecular weight excluding hydrogens is 199 g/mol. The van der Waals surface area contributed by atoms with Gasteiger partial charge < -0.3 is 0 Å². The van der Waals surface area contributed by atoms with Crippen LogP contribution in [0.4, 0.5) is 0 Å². The summed E-state index contributed by atoms with van der Waals surface area (Å²) in [6.45, 7) is 0. The number of thiophene rings is 1. The van der Waals surface area contributed by atoms with Crippen LogP contribution in [0.2, 0.25) is 0 Å². The predicted octanol–water partition coefficient (Wildman–Crippen LogP) is 3.33. The van der Waals surface area contributed by atoms with Gasteiger partial charge in [-0.2, -0.15) is 0 Å². The van der Waals surface area contributed by atoms with Crippen LogP contribution >= 0.6 is 19.8 Å². The minimum atomic E-state index is 0.0869. The molecule has 64 valence electrons. The zero-order chi connectivity index (χ0) is 9.10. The molecule has 0 spiro atoms. The van der Waals surface area contributed by atoms with E-state index in [0.29, 0.717) is 0 Å². The Labute approximate surface area is 82.2 Å². The molecule has 2 rings (SSSR count). The molecule has 0 saturated heterocycles. The van der Waals surface area contributed by atoms with Gasteiger partial charge in [-0.25, -0.2) is 0 Å². The molecule has 0 saturated carbocycles. The van der Waals surface area contributed by atoms with Crippen LogP contribution in [0, 0.1) is 0 Å². The normalized spacial score (nSPS) is 10.5. The fourth-order valence-corrected chi connectivity index (χ4v) is 2.48. The van der Waals surface area contributed by atoms with E-state index < -0.39 is 0 Å². The van der Waals surface area contributed by atoms with Crippen molar-refractivity contribution in [3.05, 3.63) is 41.8 Å². The van der Waals surface area contributed by atoms with Gasteiger partial charge in [0.1, 0.15) is 0 Å². The zero-order valence-electron chi connectivity index (χ0n) is 6.81. The molecule has 0 aliphatic carbocycles. The Balaban J connectivity index is 2.57. The van der Waals surface area contributed by atoms with Gasteiger partial charge in [-0.3, -0.25) is 4.57 Å². The lowest BCUT2D eigenvalue weighted by molar-refractivity contribution is 0.603. The van der Waals surface area contributed by atoms with Crippen LogP contribution in [0.25, 0.3) is 10.4 Å². The van der Waals surface area contributed by atoms with E-state index in [1.54, 1.807) is 11.3 Å². The van der Waals surface area contributed by atoms with Crippen molar-refractivity contribution in [2.45, 2.75) is 0 Å². The zero-order valence-corrected chi connectivity index (χ0v) is 8.52. The van der Waals surface area contributed by atoms with Gasteiger partial charge in [0.15, 0.2) is 8.46 Å². The maximum atomic E-state index is 10.8. The third-order valence-corrected chi connectivity index (χ3v) is 3.28. The van der Waals surface area contributed by atoms with Gasteiger partial charge in [0.25, 0.3) is 0 Å². The number of rotatable bonds is 2. The number of hydrogen-bond acceptors (Lipinski definition) is 2. The van der Waals surface area contributed by atoms with Gasteiger partial charge in [0, 0.05) is 10.4 Å². The molecule has 1 aromatic carbocycles. The Hall–Kier alpha value is -0.980. The molecule has 1 aromatic heterocycles. The van der Waals surface area contributed by atoms with Crippen LogP contribution < -0.4 is 5.30 Å². The Morgan fingerprint density at radius 2 is 1.92 bits per heavy atom. The minimum absolute atomic E-state index is 0.0869. The van der Waals surface area contributed by atoms with E-state index >= 15 is 0 Å². The molecule has 0 unspecified atom stereocenters. The first-order chi connectivity index (χ1) is 6.42. The lowest BCUT2D eigenvalue weighted by Gasteiger charge is -1.98. The first kappa shape index (κ1) is 8.61. The van der Waals surface area contributed by atoms with Gasteiger partial charge in [-0.15, -0.1) is 11.3 Å². The van der Waals surface area contributed by atoms with Crippen molar-refractivity contribution in [2.75, 3.05) is 0 Å². The van der Waals surface area contributed by atoms with Gasteiger partial charge in [0.2, 0.25) is 0 Å². The standard InChI is InChI=1S/C10H7OPS/c11-12-9-5-2-1-4-8(9)10-6-3-7-13-10/h1-7H. The number of hydrogen-bond donors (Lipinski definition) is 0. The lowest BCUT2D eigenvalue weighted by Crippen LogP contribution is -1.94. The molecule has 0 aliphatic rings. The van der Waals surface area contributed by atoms with E-state index in [4.69, 9.17) is 0 Å². The molecule has 13 heavy (non-hydrogen) atoms. The van der Waals surface area contributed by atoms with Crippen molar-refractivity contribution in [1.82, 2.24) is 0 Å². The van der Waals surface area contributed by atoms with Crippen molar-refractivity contribution >= 4 is 25.1 Å². The van der Waals surface area contributed by atoms with Crippen molar-refractivity contribution < 1.29 is 4.57 Å². The summed E-state index contributed by atoms with van der Waals surface area (Å²) in [6, 6.07) is 11.8. The van der Waals surface area contributed by atoms with Gasteiger partial charge in [0.05, 0.1) is 5.30 Å². The highest BCUT2D eigenvalue weighted by molar-refractivity contribution is 7.34. The summed E-state index contributed by atoms with van der Waals surface area (Å²) in [4.78, 5) is 1.17. The molecule has 0 fully saturated rings. The van der Waals surface area contributed by atoms with Crippen LogP contribution in [0.3, 0.4) is 0 Å². The average molecular weight is 206 g/mol. The maximum absolute atomic E-state index is 10.8. The molecule has 0 atom stereocenters. The first-order valence-electron chi connectivity index (χ1n) is 3.88. The molecule has 1 nitrogen and oxygen atoms in total. The van der Waals surface area contributed by atoms with Gasteiger partial charge in [-0.05, 0) is 17.5 Å². The fraction of sp³-hybridized carbons (Fsp3) is 0. The summed E-state index contributed by atoms with van der Waals surface area (Å²) in [5, 5.41) is 2.87. The second-order valence-electron chi connectivity index (χ2n) is 2.59. The molecule has 2 aromatic rings. The topological polar surface area (TPSA) is 17.1 Å². The smallest absolute Gasteiger partial charge is 0.192 e. The second-order valence-corrected chi connectivity index (χ2v) is 4.20. The van der Waals surface area contributed by atoms with E-state index in [0.717, 1.165) is 10.9 Å². The predicted molar refractivity (Wildman–Crippen MR) is 57.0 cm³/mol. The molecule has 3 heteroatoms. The molecule has 0 aliphatic heterocycles. The van der Waals surface area contributed by atoms with E-state index in [9.17, 15) is 4.57 Å². The van der Waals surface area contributed by atoms with Crippen molar-refractivity contribution in [1.29, 1.82) is 0 Å². The molecule has 0 amide bonds. The van der Waals surface area contributed by atoms with Crippen LogP contribution in [-0.4, -0.2) is 0 Å². The summed E-state index contributed by atoms with van der Waals surface area (Å²) < 4.78 is 10.8. The SMILES string of the molecule is O=Pc1ccccc1-c1cccs1. The largest absolute Gasteiger partial charge is 0.269 e. The van der Waals surface area contributed by atoms with E-state index in [-0.39, 0.29) is 8.46 Å². The summed E-state index contributed by atoms with van der Waals surface area (Å²) >= 11 is 1.66. The molecular formula is C10H7OPS. The minimum Gasteiger partial charge on any atom is -0.269 e. The van der Waals surface area contributed by atoms with Crippen LogP contribution in [0.5, 0.6) is 0 Å². The van der Waals surface area contributed by atoms with Crippen LogP contribution in [-0.2, 0) is 4.57 Å². The Morgan fingerprint density at radius 3 is 2.62 bits per heavy atom. The Bertz CT molecular complexity index is 409. The van der Waals surface area contributed by atoms with Crippen molar-refractivity contribution in [3.8, 4) is 10.4 Å². The summed E-state index contributed by atoms with van der Waals surface area (Å²) in [7, 11) is 0.0869. The van der Waals surface area contributed by atoms with Gasteiger partial charge in [-0.1, -0.05) is 24.3 Å². The quantitative estimate of drug-likeness (QED) is 0.689. The van der Waals surface area contributed by atoms with Gasteiger partial charge >= 0.3 is 0 Å².